The number of sulfonamides is 1. The summed E-state index contributed by atoms with van der Waals surface area (Å²) < 4.78 is 40.6. The molecule has 7 nitrogen and oxygen atoms in total. The molecule has 0 aliphatic heterocycles. The number of carbonyl (C=O) groups is 2. The van der Waals surface area contributed by atoms with Gasteiger partial charge in [-0.3, -0.25) is 9.59 Å². The number of rotatable bonds is 12. The normalized spacial score (nSPS) is 14.3. The summed E-state index contributed by atoms with van der Waals surface area (Å²) in [4.78, 5) is 27.3. The Morgan fingerprint density at radius 3 is 2.32 bits per heavy atom. The van der Waals surface area contributed by atoms with E-state index in [-0.39, 0.29) is 48.1 Å². The molecule has 3 rings (SSSR count). The summed E-state index contributed by atoms with van der Waals surface area (Å²) in [5.74, 6) is -0.929. The second kappa shape index (κ2) is 11.4. The molecule has 1 aliphatic carbocycles. The Labute approximate surface area is 200 Å². The number of nitrogens with one attached hydrogen (secondary N) is 2. The van der Waals surface area contributed by atoms with E-state index in [9.17, 15) is 22.4 Å². The molecule has 1 aliphatic rings. The van der Waals surface area contributed by atoms with Crippen LogP contribution in [0.1, 0.15) is 37.3 Å². The molecule has 2 amide bonds. The Hall–Kier alpha value is -3.04. The number of halogens is 1. The fourth-order valence-corrected chi connectivity index (χ4v) is 4.71. The van der Waals surface area contributed by atoms with Crippen LogP contribution in [0, 0.1) is 5.82 Å². The van der Waals surface area contributed by atoms with Gasteiger partial charge in [-0.1, -0.05) is 30.3 Å². The van der Waals surface area contributed by atoms with E-state index in [2.05, 4.69) is 16.6 Å². The second-order valence-corrected chi connectivity index (χ2v) is 10.1. The zero-order valence-corrected chi connectivity index (χ0v) is 20.0. The fourth-order valence-electron chi connectivity index (χ4n) is 3.41. The molecule has 182 valence electrons. The van der Waals surface area contributed by atoms with Crippen LogP contribution in [0.15, 0.2) is 66.1 Å². The third kappa shape index (κ3) is 7.23. The highest BCUT2D eigenvalue weighted by molar-refractivity contribution is 7.89. The van der Waals surface area contributed by atoms with Gasteiger partial charge in [0.05, 0.1) is 4.90 Å². The number of aryl methyl sites for hydroxylation is 1. The van der Waals surface area contributed by atoms with Crippen LogP contribution in [0.5, 0.6) is 0 Å². The first kappa shape index (κ1) is 25.6. The summed E-state index contributed by atoms with van der Waals surface area (Å²) in [6.45, 7) is 5.66. The summed E-state index contributed by atoms with van der Waals surface area (Å²) in [6, 6.07) is 11.5. The van der Waals surface area contributed by atoms with E-state index < -0.39 is 16.1 Å². The zero-order chi connectivity index (χ0) is 24.7. The molecular weight excluding hydrogens is 457 g/mol. The average molecular weight is 488 g/mol. The molecule has 1 atom stereocenters. The van der Waals surface area contributed by atoms with E-state index in [0.29, 0.717) is 12.0 Å². The highest BCUT2D eigenvalue weighted by atomic mass is 32.2. The molecule has 34 heavy (non-hydrogen) atoms. The Morgan fingerprint density at radius 1 is 1.12 bits per heavy atom. The second-order valence-electron chi connectivity index (χ2n) is 8.40. The summed E-state index contributed by atoms with van der Waals surface area (Å²) in [6.07, 6.45) is 3.79. The van der Waals surface area contributed by atoms with Gasteiger partial charge >= 0.3 is 0 Å². The van der Waals surface area contributed by atoms with Crippen LogP contribution in [0.25, 0.3) is 0 Å². The Bertz CT molecular complexity index is 1110. The van der Waals surface area contributed by atoms with Crippen LogP contribution >= 0.6 is 0 Å². The molecule has 2 N–H and O–H groups in total. The van der Waals surface area contributed by atoms with Gasteiger partial charge in [-0.2, -0.15) is 0 Å². The van der Waals surface area contributed by atoms with E-state index in [1.54, 1.807) is 37.3 Å². The van der Waals surface area contributed by atoms with E-state index in [0.717, 1.165) is 18.4 Å². The summed E-state index contributed by atoms with van der Waals surface area (Å²) in [7, 11) is -3.53. The third-order valence-corrected chi connectivity index (χ3v) is 7.15. The largest absolute Gasteiger partial charge is 0.351 e. The summed E-state index contributed by atoms with van der Waals surface area (Å²) in [5, 5.41) is 2.70. The number of benzene rings is 2. The van der Waals surface area contributed by atoms with Crippen molar-refractivity contribution in [3.05, 3.63) is 78.1 Å². The van der Waals surface area contributed by atoms with Crippen molar-refractivity contribution in [2.75, 3.05) is 6.54 Å². The molecule has 0 bridgehead atoms. The van der Waals surface area contributed by atoms with Crippen LogP contribution in [-0.4, -0.2) is 43.8 Å². The maximum absolute atomic E-state index is 13.3. The number of carbonyl (C=O) groups excluding carboxylic acids is 2. The van der Waals surface area contributed by atoms with E-state index in [1.807, 2.05) is 0 Å². The van der Waals surface area contributed by atoms with Crippen molar-refractivity contribution in [3.63, 3.8) is 0 Å². The minimum Gasteiger partial charge on any atom is -0.351 e. The summed E-state index contributed by atoms with van der Waals surface area (Å²) in [5.41, 5.74) is 1.51. The Kier molecular flexibility index (Phi) is 8.57. The van der Waals surface area contributed by atoms with Crippen LogP contribution in [0.4, 0.5) is 4.39 Å². The first-order valence-corrected chi connectivity index (χ1v) is 12.7. The van der Waals surface area contributed by atoms with Crippen molar-refractivity contribution < 1.29 is 22.4 Å². The lowest BCUT2D eigenvalue weighted by molar-refractivity contribution is -0.140. The van der Waals surface area contributed by atoms with Gasteiger partial charge in [0, 0.05) is 25.6 Å². The molecule has 0 unspecified atom stereocenters. The van der Waals surface area contributed by atoms with E-state index >= 15 is 0 Å². The van der Waals surface area contributed by atoms with Crippen molar-refractivity contribution in [1.29, 1.82) is 0 Å². The SMILES string of the molecule is C=CCNC(=O)[C@@H](C)N(Cc1ccc(F)cc1)C(=O)CCc1ccc(S(=O)(=O)NC2CC2)cc1. The van der Waals surface area contributed by atoms with Crippen molar-refractivity contribution in [2.24, 2.45) is 0 Å². The predicted molar refractivity (Wildman–Crippen MR) is 128 cm³/mol. The number of hydrogen-bond donors (Lipinski definition) is 2. The van der Waals surface area contributed by atoms with Crippen LogP contribution in [0.2, 0.25) is 0 Å². The van der Waals surface area contributed by atoms with Crippen LogP contribution < -0.4 is 10.0 Å². The first-order valence-electron chi connectivity index (χ1n) is 11.2. The van der Waals surface area contributed by atoms with Crippen molar-refractivity contribution in [3.8, 4) is 0 Å². The van der Waals surface area contributed by atoms with E-state index in [1.165, 1.54) is 29.2 Å². The van der Waals surface area contributed by atoms with E-state index in [4.69, 9.17) is 0 Å². The van der Waals surface area contributed by atoms with Gasteiger partial charge in [-0.25, -0.2) is 17.5 Å². The minimum atomic E-state index is -3.53. The minimum absolute atomic E-state index is 0.0278. The lowest BCUT2D eigenvalue weighted by Crippen LogP contribution is -2.47. The van der Waals surface area contributed by atoms with Crippen molar-refractivity contribution in [2.45, 2.75) is 56.1 Å². The standard InChI is InChI=1S/C25H30FN3O4S/c1-3-16-27-25(31)18(2)29(17-20-4-9-21(26)10-5-20)24(30)15-8-19-6-13-23(14-7-19)34(32,33)28-22-11-12-22/h3-7,9-10,13-14,18,22,28H,1,8,11-12,15-17H2,2H3,(H,27,31)/t18-/m1/s1. The van der Waals surface area contributed by atoms with Crippen molar-refractivity contribution >= 4 is 21.8 Å². The fraction of sp³-hybridized carbons (Fsp3) is 0.360. The van der Waals surface area contributed by atoms with Gasteiger partial charge in [0.25, 0.3) is 0 Å². The van der Waals surface area contributed by atoms with Gasteiger partial charge in [0.15, 0.2) is 0 Å². The highest BCUT2D eigenvalue weighted by Crippen LogP contribution is 2.22. The van der Waals surface area contributed by atoms with Gasteiger partial charge < -0.3 is 10.2 Å². The van der Waals surface area contributed by atoms with Crippen molar-refractivity contribution in [1.82, 2.24) is 14.9 Å². The first-order chi connectivity index (χ1) is 16.2. The molecule has 2 aromatic carbocycles. The molecule has 0 spiro atoms. The lowest BCUT2D eigenvalue weighted by atomic mass is 10.1. The summed E-state index contributed by atoms with van der Waals surface area (Å²) >= 11 is 0. The van der Waals surface area contributed by atoms with Gasteiger partial charge in [0.1, 0.15) is 11.9 Å². The molecule has 2 aromatic rings. The van der Waals surface area contributed by atoms with Gasteiger partial charge in [-0.15, -0.1) is 6.58 Å². The molecule has 0 radical (unpaired) electrons. The number of hydrogen-bond acceptors (Lipinski definition) is 4. The average Bonchev–Trinajstić information content (AvgIpc) is 3.63. The smallest absolute Gasteiger partial charge is 0.242 e. The molecule has 9 heteroatoms. The molecule has 0 heterocycles. The Balaban J connectivity index is 1.66. The van der Waals surface area contributed by atoms with Crippen LogP contribution in [-0.2, 0) is 32.6 Å². The topological polar surface area (TPSA) is 95.6 Å². The Morgan fingerprint density at radius 2 is 1.74 bits per heavy atom. The monoisotopic (exact) mass is 487 g/mol. The predicted octanol–water partition coefficient (Wildman–Crippen LogP) is 2.92. The van der Waals surface area contributed by atoms with Gasteiger partial charge in [0.2, 0.25) is 21.8 Å². The molecular formula is C25H30FN3O4S. The number of nitrogens with zero attached hydrogens (tertiary/aromatic N) is 1. The maximum Gasteiger partial charge on any atom is 0.242 e. The molecule has 1 saturated carbocycles. The molecule has 0 saturated heterocycles. The molecule has 0 aromatic heterocycles. The maximum atomic E-state index is 13.3. The quantitative estimate of drug-likeness (QED) is 0.450. The lowest BCUT2D eigenvalue weighted by Gasteiger charge is -2.29. The van der Waals surface area contributed by atoms with Gasteiger partial charge in [-0.05, 0) is 61.6 Å². The molecule has 1 fully saturated rings. The third-order valence-electron chi connectivity index (χ3n) is 5.61. The van der Waals surface area contributed by atoms with Crippen LogP contribution in [0.3, 0.4) is 0 Å². The highest BCUT2D eigenvalue weighted by Gasteiger charge is 2.28. The number of amides is 2. The zero-order valence-electron chi connectivity index (χ0n) is 19.2.